The van der Waals surface area contributed by atoms with Gasteiger partial charge in [0.2, 0.25) is 0 Å². The van der Waals surface area contributed by atoms with Gasteiger partial charge in [-0.3, -0.25) is 4.90 Å². The molecule has 6 nitrogen and oxygen atoms in total. The van der Waals surface area contributed by atoms with E-state index in [1.54, 1.807) is 6.33 Å². The van der Waals surface area contributed by atoms with E-state index in [2.05, 4.69) is 50.7 Å². The van der Waals surface area contributed by atoms with Crippen molar-refractivity contribution in [3.8, 4) is 0 Å². The van der Waals surface area contributed by atoms with E-state index in [0.717, 1.165) is 61.9 Å². The summed E-state index contributed by atoms with van der Waals surface area (Å²) in [6, 6.07) is 4.27. The zero-order valence-electron chi connectivity index (χ0n) is 17.0. The van der Waals surface area contributed by atoms with Crippen molar-refractivity contribution in [1.29, 1.82) is 0 Å². The summed E-state index contributed by atoms with van der Waals surface area (Å²) < 4.78 is 0. The number of rotatable bonds is 5. The van der Waals surface area contributed by atoms with Crippen molar-refractivity contribution in [2.75, 3.05) is 31.1 Å². The van der Waals surface area contributed by atoms with Crippen molar-refractivity contribution in [1.82, 2.24) is 24.8 Å². The summed E-state index contributed by atoms with van der Waals surface area (Å²) in [4.78, 5) is 23.4. The molecular formula is C22H30N6. The summed E-state index contributed by atoms with van der Waals surface area (Å²) in [6.45, 7) is 9.86. The van der Waals surface area contributed by atoms with Crippen LogP contribution in [-0.2, 0) is 6.54 Å². The Balaban J connectivity index is 1.20. The van der Waals surface area contributed by atoms with E-state index in [0.29, 0.717) is 11.8 Å². The molecule has 2 saturated heterocycles. The van der Waals surface area contributed by atoms with Crippen LogP contribution in [0.5, 0.6) is 0 Å². The molecule has 4 heterocycles. The first-order chi connectivity index (χ1) is 13.7. The molecule has 1 saturated carbocycles. The van der Waals surface area contributed by atoms with Gasteiger partial charge < -0.3 is 4.90 Å². The summed E-state index contributed by atoms with van der Waals surface area (Å²) in [5.74, 6) is 4.67. The standard InChI is InChI=1S/C22H30N6/c1-15(2)20-8-21(25-14-24-20)28-11-17-9-27(10-18(17)12-28)13-19-6-7-23-22(26-19)16-4-3-5-16/h6-8,14-18H,3-5,9-13H2,1-2H3. The lowest BCUT2D eigenvalue weighted by atomic mass is 9.85. The van der Waals surface area contributed by atoms with E-state index in [4.69, 9.17) is 4.98 Å². The number of anilines is 1. The Morgan fingerprint density at radius 3 is 2.50 bits per heavy atom. The van der Waals surface area contributed by atoms with Crippen molar-refractivity contribution in [3.05, 3.63) is 41.9 Å². The SMILES string of the molecule is CC(C)c1cc(N2CC3CN(Cc4ccnc(C5CCC5)n4)CC3C2)ncn1. The number of hydrogen-bond acceptors (Lipinski definition) is 6. The molecular weight excluding hydrogens is 348 g/mol. The van der Waals surface area contributed by atoms with Gasteiger partial charge in [0.25, 0.3) is 0 Å². The zero-order chi connectivity index (χ0) is 19.1. The first-order valence-corrected chi connectivity index (χ1v) is 10.8. The van der Waals surface area contributed by atoms with Crippen molar-refractivity contribution < 1.29 is 0 Å². The lowest BCUT2D eigenvalue weighted by Crippen LogP contribution is -2.29. The zero-order valence-corrected chi connectivity index (χ0v) is 17.0. The van der Waals surface area contributed by atoms with Crippen molar-refractivity contribution in [2.24, 2.45) is 11.8 Å². The average Bonchev–Trinajstić information content (AvgIpc) is 3.19. The van der Waals surface area contributed by atoms with Crippen LogP contribution < -0.4 is 4.90 Å². The largest absolute Gasteiger partial charge is 0.356 e. The Hall–Kier alpha value is -2.08. The Labute approximate surface area is 167 Å². The molecule has 6 heteroatoms. The number of aromatic nitrogens is 4. The van der Waals surface area contributed by atoms with Gasteiger partial charge in [0.05, 0.1) is 5.69 Å². The number of fused-ring (bicyclic) bond motifs is 1. The minimum Gasteiger partial charge on any atom is -0.356 e. The second-order valence-electron chi connectivity index (χ2n) is 9.11. The van der Waals surface area contributed by atoms with Crippen LogP contribution in [0, 0.1) is 11.8 Å². The molecule has 0 aromatic carbocycles. The summed E-state index contributed by atoms with van der Waals surface area (Å²) >= 11 is 0. The van der Waals surface area contributed by atoms with Crippen LogP contribution in [0.2, 0.25) is 0 Å². The highest BCUT2D eigenvalue weighted by atomic mass is 15.3. The number of likely N-dealkylation sites (tertiary alicyclic amines) is 1. The van der Waals surface area contributed by atoms with Gasteiger partial charge in [0, 0.05) is 56.6 Å². The molecule has 2 unspecified atom stereocenters. The molecule has 2 aromatic rings. The van der Waals surface area contributed by atoms with Crippen LogP contribution in [0.15, 0.2) is 24.7 Å². The molecule has 0 radical (unpaired) electrons. The number of hydrogen-bond donors (Lipinski definition) is 0. The highest BCUT2D eigenvalue weighted by Crippen LogP contribution is 2.35. The van der Waals surface area contributed by atoms with Crippen LogP contribution in [0.25, 0.3) is 0 Å². The molecule has 5 rings (SSSR count). The molecule has 3 fully saturated rings. The molecule has 28 heavy (non-hydrogen) atoms. The maximum Gasteiger partial charge on any atom is 0.132 e. The molecule has 0 N–H and O–H groups in total. The molecule has 1 aliphatic carbocycles. The average molecular weight is 379 g/mol. The third-order valence-corrected chi connectivity index (χ3v) is 6.74. The highest BCUT2D eigenvalue weighted by molar-refractivity contribution is 5.41. The molecule has 2 aliphatic heterocycles. The van der Waals surface area contributed by atoms with Crippen LogP contribution in [-0.4, -0.2) is 51.0 Å². The van der Waals surface area contributed by atoms with Crippen molar-refractivity contribution in [2.45, 2.75) is 51.5 Å². The van der Waals surface area contributed by atoms with Crippen LogP contribution in [0.1, 0.15) is 62.2 Å². The van der Waals surface area contributed by atoms with E-state index >= 15 is 0 Å². The minimum atomic E-state index is 0.442. The van der Waals surface area contributed by atoms with Crippen molar-refractivity contribution in [3.63, 3.8) is 0 Å². The summed E-state index contributed by atoms with van der Waals surface area (Å²) in [7, 11) is 0. The Morgan fingerprint density at radius 1 is 1.04 bits per heavy atom. The second-order valence-corrected chi connectivity index (χ2v) is 9.11. The summed E-state index contributed by atoms with van der Waals surface area (Å²) in [5, 5.41) is 0. The third kappa shape index (κ3) is 3.50. The first kappa shape index (κ1) is 18.0. The normalized spacial score (nSPS) is 25.3. The van der Waals surface area contributed by atoms with Gasteiger partial charge in [0.1, 0.15) is 18.0 Å². The smallest absolute Gasteiger partial charge is 0.132 e. The predicted octanol–water partition coefficient (Wildman–Crippen LogP) is 3.23. The van der Waals surface area contributed by atoms with E-state index in [-0.39, 0.29) is 0 Å². The van der Waals surface area contributed by atoms with Gasteiger partial charge in [-0.05, 0) is 36.7 Å². The van der Waals surface area contributed by atoms with Gasteiger partial charge in [0.15, 0.2) is 0 Å². The minimum absolute atomic E-state index is 0.442. The van der Waals surface area contributed by atoms with E-state index < -0.39 is 0 Å². The van der Waals surface area contributed by atoms with Crippen molar-refractivity contribution >= 4 is 5.82 Å². The fourth-order valence-electron chi connectivity index (χ4n) is 4.85. The number of nitrogens with zero attached hydrogens (tertiary/aromatic N) is 6. The molecule has 0 amide bonds. The molecule has 2 atom stereocenters. The molecule has 3 aliphatic rings. The molecule has 148 valence electrons. The van der Waals surface area contributed by atoms with E-state index in [1.807, 2.05) is 6.20 Å². The third-order valence-electron chi connectivity index (χ3n) is 6.74. The fraction of sp³-hybridized carbons (Fsp3) is 0.636. The monoisotopic (exact) mass is 378 g/mol. The Kier molecular flexibility index (Phi) is 4.75. The summed E-state index contributed by atoms with van der Waals surface area (Å²) in [5.41, 5.74) is 2.32. The molecule has 0 spiro atoms. The molecule has 0 bridgehead atoms. The van der Waals surface area contributed by atoms with Gasteiger partial charge in [-0.25, -0.2) is 19.9 Å². The first-order valence-electron chi connectivity index (χ1n) is 10.8. The van der Waals surface area contributed by atoms with E-state index in [9.17, 15) is 0 Å². The summed E-state index contributed by atoms with van der Waals surface area (Å²) in [6.07, 6.45) is 7.52. The van der Waals surface area contributed by atoms with Crippen LogP contribution >= 0.6 is 0 Å². The molecule has 2 aromatic heterocycles. The maximum atomic E-state index is 4.86. The Morgan fingerprint density at radius 2 is 1.82 bits per heavy atom. The maximum absolute atomic E-state index is 4.86. The van der Waals surface area contributed by atoms with E-state index in [1.165, 1.54) is 25.0 Å². The quantitative estimate of drug-likeness (QED) is 0.796. The topological polar surface area (TPSA) is 58.0 Å². The lowest BCUT2D eigenvalue weighted by Gasteiger charge is -2.25. The second kappa shape index (κ2) is 7.39. The fourth-order valence-corrected chi connectivity index (χ4v) is 4.85. The van der Waals surface area contributed by atoms with Crippen LogP contribution in [0.4, 0.5) is 5.82 Å². The van der Waals surface area contributed by atoms with Gasteiger partial charge >= 0.3 is 0 Å². The Bertz CT molecular complexity index is 819. The highest BCUT2D eigenvalue weighted by Gasteiger charge is 2.40. The van der Waals surface area contributed by atoms with Gasteiger partial charge in [-0.1, -0.05) is 20.3 Å². The van der Waals surface area contributed by atoms with Crippen LogP contribution in [0.3, 0.4) is 0 Å². The lowest BCUT2D eigenvalue weighted by molar-refractivity contribution is 0.303. The van der Waals surface area contributed by atoms with Gasteiger partial charge in [-0.2, -0.15) is 0 Å². The predicted molar refractivity (Wildman–Crippen MR) is 109 cm³/mol. The van der Waals surface area contributed by atoms with Gasteiger partial charge in [-0.15, -0.1) is 0 Å².